The fourth-order valence-electron chi connectivity index (χ4n) is 3.62. The van der Waals surface area contributed by atoms with E-state index in [1.807, 2.05) is 0 Å². The number of hydrogen-bond donors (Lipinski definition) is 11. The van der Waals surface area contributed by atoms with Crippen molar-refractivity contribution in [2.24, 2.45) is 16.5 Å². The van der Waals surface area contributed by atoms with E-state index in [0.29, 0.717) is 6.42 Å². The second-order valence-corrected chi connectivity index (χ2v) is 8.19. The predicted molar refractivity (Wildman–Crippen MR) is 111 cm³/mol. The number of carboxylic acid groups (broad SMARTS) is 1. The van der Waals surface area contributed by atoms with Crippen molar-refractivity contribution in [2.45, 2.75) is 73.7 Å². The molecule has 2 aliphatic rings. The van der Waals surface area contributed by atoms with E-state index in [1.54, 1.807) is 0 Å². The third-order valence-corrected chi connectivity index (χ3v) is 5.64. The van der Waals surface area contributed by atoms with E-state index in [2.05, 4.69) is 10.3 Å². The molecule has 0 amide bonds. The number of nitrogens with zero attached hydrogens (tertiary/aromatic N) is 1. The van der Waals surface area contributed by atoms with Gasteiger partial charge in [0.2, 0.25) is 5.79 Å². The molecule has 34 heavy (non-hydrogen) atoms. The molecule has 16 nitrogen and oxygen atoms in total. The minimum Gasteiger partial charge on any atom is -0.480 e. The van der Waals surface area contributed by atoms with Crippen LogP contribution in [0.3, 0.4) is 0 Å². The molecule has 2 saturated heterocycles. The molecule has 2 fully saturated rings. The predicted octanol–water partition coefficient (Wildman–Crippen LogP) is -6.29. The first kappa shape index (κ1) is 28.5. The van der Waals surface area contributed by atoms with Crippen LogP contribution >= 0.6 is 0 Å². The van der Waals surface area contributed by atoms with Crippen LogP contribution in [-0.4, -0.2) is 140 Å². The number of guanidine groups is 1. The van der Waals surface area contributed by atoms with Crippen LogP contribution in [0.2, 0.25) is 0 Å². The highest BCUT2D eigenvalue weighted by Gasteiger charge is 2.53. The normalized spacial score (nSPS) is 39.4. The zero-order chi connectivity index (χ0) is 25.6. The van der Waals surface area contributed by atoms with Crippen molar-refractivity contribution in [1.29, 1.82) is 0 Å². The zero-order valence-electron chi connectivity index (χ0n) is 18.3. The third-order valence-electron chi connectivity index (χ3n) is 5.64. The van der Waals surface area contributed by atoms with Crippen molar-refractivity contribution in [3.63, 3.8) is 0 Å². The number of aliphatic imine (C=N–C) groups is 1. The summed E-state index contributed by atoms with van der Waals surface area (Å²) in [4.78, 5) is 15.3. The Hall–Kier alpha value is -1.70. The molecule has 2 unspecified atom stereocenters. The van der Waals surface area contributed by atoms with Crippen LogP contribution in [-0.2, 0) is 19.0 Å². The van der Waals surface area contributed by atoms with Gasteiger partial charge in [0.05, 0.1) is 19.8 Å². The Balaban J connectivity index is 2.03. The van der Waals surface area contributed by atoms with Crippen LogP contribution in [0.15, 0.2) is 4.99 Å². The summed E-state index contributed by atoms with van der Waals surface area (Å²) in [5.74, 6) is -3.80. The van der Waals surface area contributed by atoms with Crippen molar-refractivity contribution < 1.29 is 59.9 Å². The first-order valence-electron chi connectivity index (χ1n) is 10.6. The molecule has 0 spiro atoms. The summed E-state index contributed by atoms with van der Waals surface area (Å²) < 4.78 is 15.7. The Morgan fingerprint density at radius 1 is 1.18 bits per heavy atom. The number of aliphatic carboxylic acids is 1. The second kappa shape index (κ2) is 12.3. The molecule has 0 aromatic rings. The van der Waals surface area contributed by atoms with E-state index in [-0.39, 0.29) is 18.9 Å². The van der Waals surface area contributed by atoms with E-state index in [0.717, 1.165) is 0 Å². The van der Waals surface area contributed by atoms with Crippen molar-refractivity contribution in [2.75, 3.05) is 26.3 Å². The molecule has 10 atom stereocenters. The summed E-state index contributed by atoms with van der Waals surface area (Å²) in [6.07, 6.45) is -12.9. The minimum atomic E-state index is -2.41. The molecule has 0 saturated carbocycles. The van der Waals surface area contributed by atoms with Crippen LogP contribution in [0, 0.1) is 0 Å². The van der Waals surface area contributed by atoms with E-state index in [4.69, 9.17) is 25.7 Å². The van der Waals surface area contributed by atoms with Gasteiger partial charge in [-0.05, 0) is 12.8 Å². The lowest BCUT2D eigenvalue weighted by Gasteiger charge is -2.47. The lowest BCUT2D eigenvalue weighted by molar-refractivity contribution is -0.367. The highest BCUT2D eigenvalue weighted by molar-refractivity contribution is 5.75. The van der Waals surface area contributed by atoms with E-state index in [1.165, 1.54) is 0 Å². The van der Waals surface area contributed by atoms with Gasteiger partial charge in [-0.15, -0.1) is 0 Å². The molecular formula is C18H34N4O12. The van der Waals surface area contributed by atoms with Gasteiger partial charge in [-0.25, -0.2) is 0 Å². The minimum absolute atomic E-state index is 0.0751. The van der Waals surface area contributed by atoms with Crippen molar-refractivity contribution in [3.8, 4) is 0 Å². The average Bonchev–Trinajstić information content (AvgIpc) is 2.78. The molecular weight excluding hydrogens is 464 g/mol. The second-order valence-electron chi connectivity index (χ2n) is 8.19. The van der Waals surface area contributed by atoms with Crippen LogP contribution < -0.4 is 16.8 Å². The Bertz CT molecular complexity index is 696. The van der Waals surface area contributed by atoms with E-state index in [9.17, 15) is 45.6 Å². The molecule has 0 aromatic heterocycles. The molecule has 0 aliphatic carbocycles. The van der Waals surface area contributed by atoms with Crippen LogP contribution in [0.4, 0.5) is 0 Å². The summed E-state index contributed by atoms with van der Waals surface area (Å²) in [5.41, 5.74) is 10.4. The summed E-state index contributed by atoms with van der Waals surface area (Å²) >= 11 is 0. The summed E-state index contributed by atoms with van der Waals surface area (Å²) in [5, 5.41) is 82.7. The SMILES string of the molecule is NC(N)=NCCC[C@@H](NCC1(O)OCC(O)[C@@H](O[C@H]2O[C@@H](CO)[C@@H](O)[C@H](O)[C@H]2O)[C@H]1O)C(=O)O. The highest BCUT2D eigenvalue weighted by Crippen LogP contribution is 2.30. The number of ether oxygens (including phenoxy) is 3. The quantitative estimate of drug-likeness (QED) is 0.0717. The van der Waals surface area contributed by atoms with Gasteiger partial charge in [0.1, 0.15) is 48.8 Å². The summed E-state index contributed by atoms with van der Waals surface area (Å²) in [6, 6.07) is -1.16. The number of nitrogens with one attached hydrogen (secondary N) is 1. The number of carboxylic acids is 1. The van der Waals surface area contributed by atoms with Gasteiger partial charge in [-0.2, -0.15) is 0 Å². The molecule has 16 heteroatoms. The zero-order valence-corrected chi connectivity index (χ0v) is 18.3. The fraction of sp³-hybridized carbons (Fsp3) is 0.889. The van der Waals surface area contributed by atoms with Gasteiger partial charge in [0.25, 0.3) is 0 Å². The standard InChI is InChI=1S/C18H34N4O12/c19-17(20)21-3-1-2-7(15(29)30)22-6-18(31)14(28)13(8(24)5-32-18)34-16-12(27)11(26)10(25)9(4-23)33-16/h7-14,16,22-28,31H,1-6H2,(H,29,30)(H4,19,20,21)/t7-,8?,9+,10-,11+,12-,13-,14-,16-,18?/m1/s1. The van der Waals surface area contributed by atoms with Crippen molar-refractivity contribution >= 4 is 11.9 Å². The van der Waals surface area contributed by atoms with Gasteiger partial charge in [0, 0.05) is 6.54 Å². The molecule has 2 aliphatic heterocycles. The lowest BCUT2D eigenvalue weighted by atomic mass is 9.95. The maximum Gasteiger partial charge on any atom is 0.320 e. The largest absolute Gasteiger partial charge is 0.480 e. The van der Waals surface area contributed by atoms with E-state index >= 15 is 0 Å². The van der Waals surface area contributed by atoms with Gasteiger partial charge in [-0.3, -0.25) is 15.1 Å². The summed E-state index contributed by atoms with van der Waals surface area (Å²) in [6.45, 7) is -1.68. The molecule has 198 valence electrons. The fourth-order valence-corrected chi connectivity index (χ4v) is 3.62. The van der Waals surface area contributed by atoms with Crippen LogP contribution in [0.25, 0.3) is 0 Å². The Labute approximate surface area is 194 Å². The van der Waals surface area contributed by atoms with Gasteiger partial charge >= 0.3 is 5.97 Å². The number of rotatable bonds is 11. The van der Waals surface area contributed by atoms with Gasteiger partial charge < -0.3 is 66.5 Å². The molecule has 2 heterocycles. The highest BCUT2D eigenvalue weighted by atomic mass is 16.7. The Morgan fingerprint density at radius 2 is 1.85 bits per heavy atom. The van der Waals surface area contributed by atoms with Crippen LogP contribution in [0.5, 0.6) is 0 Å². The lowest BCUT2D eigenvalue weighted by Crippen LogP contribution is -2.68. The summed E-state index contributed by atoms with van der Waals surface area (Å²) in [7, 11) is 0. The third kappa shape index (κ3) is 6.92. The number of hydrogen-bond acceptors (Lipinski definition) is 13. The number of carbonyl (C=O) groups is 1. The smallest absolute Gasteiger partial charge is 0.320 e. The molecule has 0 radical (unpaired) electrons. The molecule has 13 N–H and O–H groups in total. The number of nitrogens with two attached hydrogens (primary N) is 2. The Morgan fingerprint density at radius 3 is 2.44 bits per heavy atom. The van der Waals surface area contributed by atoms with Crippen LogP contribution in [0.1, 0.15) is 12.8 Å². The van der Waals surface area contributed by atoms with Crippen molar-refractivity contribution in [3.05, 3.63) is 0 Å². The topological polar surface area (TPSA) is 283 Å². The van der Waals surface area contributed by atoms with Gasteiger partial charge in [0.15, 0.2) is 12.2 Å². The van der Waals surface area contributed by atoms with Crippen molar-refractivity contribution in [1.82, 2.24) is 5.32 Å². The van der Waals surface area contributed by atoms with E-state index < -0.39 is 86.6 Å². The Kier molecular flexibility index (Phi) is 10.3. The molecule has 0 bridgehead atoms. The maximum absolute atomic E-state index is 11.5. The first-order chi connectivity index (χ1) is 15.9. The number of aliphatic hydroxyl groups is 7. The molecule has 2 rings (SSSR count). The number of aliphatic hydroxyl groups excluding tert-OH is 6. The first-order valence-corrected chi connectivity index (χ1v) is 10.6. The van der Waals surface area contributed by atoms with Gasteiger partial charge in [-0.1, -0.05) is 0 Å². The average molecular weight is 498 g/mol. The monoisotopic (exact) mass is 498 g/mol. The molecule has 0 aromatic carbocycles. The maximum atomic E-state index is 11.5.